The van der Waals surface area contributed by atoms with Gasteiger partial charge in [0.05, 0.1) is 23.7 Å². The van der Waals surface area contributed by atoms with E-state index < -0.39 is 23.2 Å². The van der Waals surface area contributed by atoms with Crippen LogP contribution in [-0.4, -0.2) is 39.9 Å². The van der Waals surface area contributed by atoms with Gasteiger partial charge in [-0.25, -0.2) is 0 Å². The average molecular weight is 447 g/mol. The predicted molar refractivity (Wildman–Crippen MR) is 125 cm³/mol. The van der Waals surface area contributed by atoms with Gasteiger partial charge in [-0.15, -0.1) is 0 Å². The van der Waals surface area contributed by atoms with Gasteiger partial charge in [0.15, 0.2) is 0 Å². The van der Waals surface area contributed by atoms with Crippen LogP contribution in [0.5, 0.6) is 0 Å². The van der Waals surface area contributed by atoms with E-state index in [1.54, 1.807) is 0 Å². The Hall–Kier alpha value is -0.450. The largest absolute Gasteiger partial charge is 0.393 e. The second-order valence-electron chi connectivity index (χ2n) is 13.5. The van der Waals surface area contributed by atoms with Gasteiger partial charge in [-0.1, -0.05) is 47.5 Å². The number of ketones is 1. The van der Waals surface area contributed by atoms with Crippen LogP contribution in [0, 0.1) is 52.3 Å². The van der Waals surface area contributed by atoms with Gasteiger partial charge in [0.2, 0.25) is 0 Å². The Labute approximate surface area is 194 Å². The van der Waals surface area contributed by atoms with Gasteiger partial charge in [0.25, 0.3) is 0 Å². The molecule has 12 atom stereocenters. The number of aliphatic hydroxyl groups excluding tert-OH is 2. The molecule has 0 bridgehead atoms. The molecular weight excluding hydrogens is 400 g/mol. The molecule has 4 saturated carbocycles. The first kappa shape index (κ1) is 23.3. The minimum absolute atomic E-state index is 0.0191. The highest BCUT2D eigenvalue weighted by Gasteiger charge is 2.80. The SMILES string of the molecule is CC(C)[C@@H](C)CC[C@@H](C)[C@H]1CC[C@H]2[C@@H]3C[C@H]4O[C@]45C[C@@H](O)CC(=O)[C@]5(C)[C@H]3[C@H](O)C[C@]12C. The third kappa shape index (κ3) is 3.00. The number of ether oxygens (including phenoxy) is 1. The maximum absolute atomic E-state index is 13.4. The minimum Gasteiger partial charge on any atom is -0.393 e. The third-order valence-corrected chi connectivity index (χ3v) is 11.8. The van der Waals surface area contributed by atoms with Crippen LogP contribution in [0.2, 0.25) is 0 Å². The molecule has 32 heavy (non-hydrogen) atoms. The zero-order chi connectivity index (χ0) is 23.2. The van der Waals surface area contributed by atoms with E-state index in [4.69, 9.17) is 4.74 Å². The summed E-state index contributed by atoms with van der Waals surface area (Å²) in [5, 5.41) is 22.0. The smallest absolute Gasteiger partial charge is 0.144 e. The van der Waals surface area contributed by atoms with Gasteiger partial charge in [-0.05, 0) is 73.5 Å². The van der Waals surface area contributed by atoms with Crippen molar-refractivity contribution in [2.75, 3.05) is 0 Å². The van der Waals surface area contributed by atoms with Gasteiger partial charge in [0, 0.05) is 18.8 Å². The Morgan fingerprint density at radius 2 is 1.78 bits per heavy atom. The molecule has 5 fully saturated rings. The van der Waals surface area contributed by atoms with E-state index in [-0.39, 0.29) is 29.6 Å². The van der Waals surface area contributed by atoms with E-state index in [9.17, 15) is 15.0 Å². The molecule has 0 amide bonds. The maximum Gasteiger partial charge on any atom is 0.144 e. The fourth-order valence-corrected chi connectivity index (χ4v) is 9.64. The molecule has 0 aromatic heterocycles. The number of rotatable bonds is 5. The lowest BCUT2D eigenvalue weighted by Gasteiger charge is -2.60. The van der Waals surface area contributed by atoms with Crippen molar-refractivity contribution in [3.8, 4) is 0 Å². The molecule has 2 N–H and O–H groups in total. The van der Waals surface area contributed by atoms with E-state index >= 15 is 0 Å². The van der Waals surface area contributed by atoms with Crippen molar-refractivity contribution >= 4 is 5.78 Å². The summed E-state index contributed by atoms with van der Waals surface area (Å²) in [6.45, 7) is 14.0. The van der Waals surface area contributed by atoms with E-state index in [0.29, 0.717) is 30.1 Å². The third-order valence-electron chi connectivity index (χ3n) is 11.8. The van der Waals surface area contributed by atoms with Crippen LogP contribution in [0.25, 0.3) is 0 Å². The summed E-state index contributed by atoms with van der Waals surface area (Å²) in [6, 6.07) is 0. The van der Waals surface area contributed by atoms with Crippen molar-refractivity contribution in [1.82, 2.24) is 0 Å². The van der Waals surface area contributed by atoms with Gasteiger partial charge in [0.1, 0.15) is 11.4 Å². The van der Waals surface area contributed by atoms with E-state index in [2.05, 4.69) is 41.5 Å². The van der Waals surface area contributed by atoms with E-state index in [1.807, 2.05) is 0 Å². The molecule has 4 nitrogen and oxygen atoms in total. The summed E-state index contributed by atoms with van der Waals surface area (Å²) in [6.07, 6.45) is 6.67. The molecule has 0 aromatic carbocycles. The lowest BCUT2D eigenvalue weighted by molar-refractivity contribution is -0.180. The molecule has 0 aromatic rings. The lowest BCUT2D eigenvalue weighted by Crippen LogP contribution is -2.66. The normalized spacial score (nSPS) is 53.8. The van der Waals surface area contributed by atoms with Crippen LogP contribution in [0.4, 0.5) is 0 Å². The number of hydrogen-bond acceptors (Lipinski definition) is 4. The topological polar surface area (TPSA) is 70.1 Å². The molecule has 1 saturated heterocycles. The molecule has 5 rings (SSSR count). The molecule has 4 aliphatic carbocycles. The Balaban J connectivity index is 1.39. The first-order chi connectivity index (χ1) is 15.0. The summed E-state index contributed by atoms with van der Waals surface area (Å²) >= 11 is 0. The maximum atomic E-state index is 13.4. The lowest BCUT2D eigenvalue weighted by atomic mass is 9.43. The zero-order valence-electron chi connectivity index (χ0n) is 21.1. The average Bonchev–Trinajstić information content (AvgIpc) is 3.28. The van der Waals surface area contributed by atoms with E-state index in [1.165, 1.54) is 25.7 Å². The van der Waals surface area contributed by atoms with Crippen molar-refractivity contribution in [3.05, 3.63) is 0 Å². The highest BCUT2D eigenvalue weighted by molar-refractivity contribution is 5.89. The second kappa shape index (κ2) is 7.52. The van der Waals surface area contributed by atoms with Crippen molar-refractivity contribution in [3.63, 3.8) is 0 Å². The first-order valence-corrected chi connectivity index (χ1v) is 13.5. The molecule has 5 aliphatic rings. The summed E-state index contributed by atoms with van der Waals surface area (Å²) in [7, 11) is 0. The van der Waals surface area contributed by atoms with Crippen molar-refractivity contribution in [2.24, 2.45) is 52.3 Å². The summed E-state index contributed by atoms with van der Waals surface area (Å²) in [5.74, 6) is 3.87. The van der Waals surface area contributed by atoms with Crippen molar-refractivity contribution in [2.45, 2.75) is 117 Å². The number of carbonyl (C=O) groups is 1. The number of hydrogen-bond donors (Lipinski definition) is 2. The standard InChI is InChI=1S/C28H46O4/c1-15(2)16(3)7-8-17(4)20-9-10-21-19-12-24-28(32-24)13-18(29)11-23(31)27(28,6)25(19)22(30)14-26(20,21)5/h15-22,24-25,29-30H,7-14H2,1-6H3/t16-,17+,18-,19-,20+,21-,22+,24+,25+,26+,27+,28+/m0/s1. The van der Waals surface area contributed by atoms with Gasteiger partial charge < -0.3 is 14.9 Å². The fourth-order valence-electron chi connectivity index (χ4n) is 9.64. The summed E-state index contributed by atoms with van der Waals surface area (Å²) in [4.78, 5) is 13.4. The number of Topliss-reactive ketones (excluding diaryl/α,β-unsaturated/α-hetero) is 1. The fraction of sp³-hybridized carbons (Fsp3) is 0.964. The van der Waals surface area contributed by atoms with Crippen LogP contribution in [0.1, 0.15) is 92.9 Å². The zero-order valence-corrected chi connectivity index (χ0v) is 21.1. The quantitative estimate of drug-likeness (QED) is 0.583. The second-order valence-corrected chi connectivity index (χ2v) is 13.5. The molecule has 1 aliphatic heterocycles. The number of aliphatic hydroxyl groups is 2. The molecule has 0 unspecified atom stereocenters. The number of fused-ring (bicyclic) bond motifs is 4. The van der Waals surface area contributed by atoms with Gasteiger partial charge in [-0.2, -0.15) is 0 Å². The predicted octanol–water partition coefficient (Wildman–Crippen LogP) is 5.00. The van der Waals surface area contributed by atoms with Crippen LogP contribution >= 0.6 is 0 Å². The molecule has 4 heteroatoms. The van der Waals surface area contributed by atoms with Crippen molar-refractivity contribution < 1.29 is 19.7 Å². The molecular formula is C28H46O4. The molecule has 1 spiro atoms. The van der Waals surface area contributed by atoms with Crippen LogP contribution in [0.15, 0.2) is 0 Å². The van der Waals surface area contributed by atoms with Gasteiger partial charge in [-0.3, -0.25) is 4.79 Å². The Morgan fingerprint density at radius 1 is 1.06 bits per heavy atom. The number of carbonyl (C=O) groups excluding carboxylic acids is 1. The molecule has 0 radical (unpaired) electrons. The summed E-state index contributed by atoms with van der Waals surface area (Å²) < 4.78 is 6.30. The first-order valence-electron chi connectivity index (χ1n) is 13.5. The summed E-state index contributed by atoms with van der Waals surface area (Å²) in [5.41, 5.74) is -1.00. The van der Waals surface area contributed by atoms with Crippen LogP contribution in [-0.2, 0) is 9.53 Å². The van der Waals surface area contributed by atoms with Crippen LogP contribution < -0.4 is 0 Å². The van der Waals surface area contributed by atoms with Crippen LogP contribution in [0.3, 0.4) is 0 Å². The Bertz CT molecular complexity index is 765. The Morgan fingerprint density at radius 3 is 2.47 bits per heavy atom. The highest BCUT2D eigenvalue weighted by atomic mass is 16.6. The minimum atomic E-state index is -0.642. The van der Waals surface area contributed by atoms with Crippen molar-refractivity contribution in [1.29, 1.82) is 0 Å². The monoisotopic (exact) mass is 446 g/mol. The molecule has 182 valence electrons. The van der Waals surface area contributed by atoms with E-state index in [0.717, 1.165) is 24.7 Å². The van der Waals surface area contributed by atoms with Gasteiger partial charge >= 0.3 is 0 Å². The Kier molecular flexibility index (Phi) is 5.48. The highest BCUT2D eigenvalue weighted by Crippen LogP contribution is 2.73. The molecule has 1 heterocycles. The number of epoxide rings is 1.